The molecule has 0 atom stereocenters. The molecule has 1 heterocycles. The second kappa shape index (κ2) is 9.55. The van der Waals surface area contributed by atoms with Gasteiger partial charge in [-0.05, 0) is 56.2 Å². The first-order valence-electron chi connectivity index (χ1n) is 10.0. The number of rotatable bonds is 7. The summed E-state index contributed by atoms with van der Waals surface area (Å²) in [6.45, 7) is 4.05. The van der Waals surface area contributed by atoms with E-state index >= 15 is 0 Å². The third-order valence-electron chi connectivity index (χ3n) is 5.32. The number of esters is 1. The van der Waals surface area contributed by atoms with E-state index in [2.05, 4.69) is 5.10 Å². The molecule has 31 heavy (non-hydrogen) atoms. The van der Waals surface area contributed by atoms with Crippen molar-refractivity contribution >= 4 is 11.9 Å². The van der Waals surface area contributed by atoms with Crippen molar-refractivity contribution in [3.05, 3.63) is 82.4 Å². The van der Waals surface area contributed by atoms with Crippen LogP contribution in [0.2, 0.25) is 0 Å². The van der Waals surface area contributed by atoms with Crippen LogP contribution in [-0.2, 0) is 22.5 Å². The van der Waals surface area contributed by atoms with Crippen molar-refractivity contribution in [1.82, 2.24) is 14.7 Å². The number of aromatic nitrogens is 2. The van der Waals surface area contributed by atoms with Crippen LogP contribution in [0, 0.1) is 19.7 Å². The Bertz CT molecular complexity index is 1090. The number of ether oxygens (including phenoxy) is 1. The summed E-state index contributed by atoms with van der Waals surface area (Å²) in [7, 11) is 3.03. The second-order valence-corrected chi connectivity index (χ2v) is 7.44. The summed E-state index contributed by atoms with van der Waals surface area (Å²) in [5, 5.41) is 4.59. The molecule has 0 aliphatic heterocycles. The molecule has 0 radical (unpaired) electrons. The summed E-state index contributed by atoms with van der Waals surface area (Å²) in [6, 6.07) is 13.6. The maximum atomic E-state index is 13.9. The molecule has 0 saturated heterocycles. The number of amides is 1. The summed E-state index contributed by atoms with van der Waals surface area (Å²) < 4.78 is 20.4. The number of aryl methyl sites for hydroxylation is 1. The molecule has 162 valence electrons. The summed E-state index contributed by atoms with van der Waals surface area (Å²) in [5.74, 6) is -0.777. The number of halogens is 1. The summed E-state index contributed by atoms with van der Waals surface area (Å²) in [4.78, 5) is 25.7. The molecule has 3 rings (SSSR count). The molecule has 3 aromatic rings. The molecule has 1 amide bonds. The molecular formula is C24H26FN3O3. The van der Waals surface area contributed by atoms with E-state index in [1.165, 1.54) is 18.1 Å². The van der Waals surface area contributed by atoms with Gasteiger partial charge in [0.2, 0.25) is 0 Å². The first kappa shape index (κ1) is 22.2. The van der Waals surface area contributed by atoms with Crippen molar-refractivity contribution in [2.45, 2.75) is 33.2 Å². The van der Waals surface area contributed by atoms with Gasteiger partial charge in [0.15, 0.2) is 0 Å². The van der Waals surface area contributed by atoms with E-state index in [1.807, 2.05) is 26.0 Å². The molecule has 0 saturated carbocycles. The van der Waals surface area contributed by atoms with Crippen LogP contribution in [0.25, 0.3) is 5.69 Å². The molecule has 6 nitrogen and oxygen atoms in total. The van der Waals surface area contributed by atoms with Gasteiger partial charge < -0.3 is 9.64 Å². The molecular weight excluding hydrogens is 397 g/mol. The lowest BCUT2D eigenvalue weighted by atomic mass is 10.1. The Labute approximate surface area is 181 Å². The fourth-order valence-electron chi connectivity index (χ4n) is 3.54. The first-order valence-corrected chi connectivity index (χ1v) is 10.0. The van der Waals surface area contributed by atoms with Gasteiger partial charge in [0.25, 0.3) is 5.91 Å². The monoisotopic (exact) mass is 423 g/mol. The number of methoxy groups -OCH3 is 1. The van der Waals surface area contributed by atoms with Gasteiger partial charge in [-0.15, -0.1) is 0 Å². The number of hydrogen-bond acceptors (Lipinski definition) is 4. The van der Waals surface area contributed by atoms with Crippen LogP contribution in [0.4, 0.5) is 4.39 Å². The van der Waals surface area contributed by atoms with Gasteiger partial charge in [0.05, 0.1) is 18.5 Å². The molecule has 2 aromatic carbocycles. The minimum Gasteiger partial charge on any atom is -0.469 e. The molecule has 0 bridgehead atoms. The number of benzene rings is 2. The van der Waals surface area contributed by atoms with Crippen molar-refractivity contribution in [2.24, 2.45) is 0 Å². The molecule has 0 aliphatic carbocycles. The quantitative estimate of drug-likeness (QED) is 0.539. The zero-order chi connectivity index (χ0) is 22.5. The van der Waals surface area contributed by atoms with Gasteiger partial charge in [0, 0.05) is 36.8 Å². The Balaban J connectivity index is 1.75. The number of carbonyl (C=O) groups is 2. The lowest BCUT2D eigenvalue weighted by Gasteiger charge is -2.18. The largest absolute Gasteiger partial charge is 0.469 e. The van der Waals surface area contributed by atoms with Gasteiger partial charge >= 0.3 is 5.97 Å². The fourth-order valence-corrected chi connectivity index (χ4v) is 3.54. The summed E-state index contributed by atoms with van der Waals surface area (Å²) in [5.41, 5.74) is 4.60. The van der Waals surface area contributed by atoms with Crippen molar-refractivity contribution < 1.29 is 18.7 Å². The molecule has 1 aromatic heterocycles. The highest BCUT2D eigenvalue weighted by molar-refractivity contribution is 5.94. The molecule has 0 spiro atoms. The van der Waals surface area contributed by atoms with Crippen molar-refractivity contribution in [3.63, 3.8) is 0 Å². The van der Waals surface area contributed by atoms with Crippen LogP contribution >= 0.6 is 0 Å². The lowest BCUT2D eigenvalue weighted by Crippen LogP contribution is -2.26. The first-order chi connectivity index (χ1) is 14.8. The fraction of sp³-hybridized carbons (Fsp3) is 0.292. The van der Waals surface area contributed by atoms with Crippen molar-refractivity contribution in [3.8, 4) is 5.69 Å². The van der Waals surface area contributed by atoms with Gasteiger partial charge in [-0.2, -0.15) is 5.10 Å². The Hall–Kier alpha value is -3.48. The van der Waals surface area contributed by atoms with Crippen molar-refractivity contribution in [1.29, 1.82) is 0 Å². The highest BCUT2D eigenvalue weighted by atomic mass is 19.1. The predicted molar refractivity (Wildman–Crippen MR) is 116 cm³/mol. The molecule has 0 aliphatic rings. The number of nitrogens with zero attached hydrogens (tertiary/aromatic N) is 3. The van der Waals surface area contributed by atoms with Crippen molar-refractivity contribution in [2.75, 3.05) is 14.2 Å². The minimum atomic E-state index is -0.329. The van der Waals surface area contributed by atoms with Gasteiger partial charge in [-0.25, -0.2) is 9.07 Å². The zero-order valence-electron chi connectivity index (χ0n) is 18.2. The Kier molecular flexibility index (Phi) is 6.84. The standard InChI is InChI=1S/C24H26FN3O3/c1-16-21(13-14-23(29)31-4)17(2)28(26-16)20-11-9-18(10-12-20)24(30)27(3)15-19-7-5-6-8-22(19)25/h5-12H,13-15H2,1-4H3. The van der Waals surface area contributed by atoms with Crippen LogP contribution in [0.15, 0.2) is 48.5 Å². The minimum absolute atomic E-state index is 0.189. The number of hydrogen-bond donors (Lipinski definition) is 0. The molecule has 0 fully saturated rings. The summed E-state index contributed by atoms with van der Waals surface area (Å²) in [6.07, 6.45) is 0.855. The Morgan fingerprint density at radius 1 is 1.10 bits per heavy atom. The smallest absolute Gasteiger partial charge is 0.305 e. The molecule has 0 N–H and O–H groups in total. The van der Waals surface area contributed by atoms with Crippen LogP contribution < -0.4 is 0 Å². The average Bonchev–Trinajstić information content (AvgIpc) is 3.06. The Morgan fingerprint density at radius 2 is 1.77 bits per heavy atom. The van der Waals surface area contributed by atoms with Crippen LogP contribution in [0.1, 0.15) is 39.3 Å². The van der Waals surface area contributed by atoms with Gasteiger partial charge in [-0.1, -0.05) is 18.2 Å². The van der Waals surface area contributed by atoms with Crippen LogP contribution in [0.3, 0.4) is 0 Å². The van der Waals surface area contributed by atoms with Gasteiger partial charge in [-0.3, -0.25) is 9.59 Å². The lowest BCUT2D eigenvalue weighted by molar-refractivity contribution is -0.140. The maximum absolute atomic E-state index is 13.9. The maximum Gasteiger partial charge on any atom is 0.305 e. The van der Waals surface area contributed by atoms with E-state index in [0.29, 0.717) is 24.0 Å². The van der Waals surface area contributed by atoms with E-state index in [0.717, 1.165) is 22.6 Å². The second-order valence-electron chi connectivity index (χ2n) is 7.44. The normalized spacial score (nSPS) is 10.7. The van der Waals surface area contributed by atoms with E-state index in [4.69, 9.17) is 4.74 Å². The SMILES string of the molecule is COC(=O)CCc1c(C)nn(-c2ccc(C(=O)N(C)Cc3ccccc3F)cc2)c1C. The molecule has 7 heteroatoms. The predicted octanol–water partition coefficient (Wildman–Crippen LogP) is 4.01. The molecule has 0 unspecified atom stereocenters. The van der Waals surface area contributed by atoms with Gasteiger partial charge in [0.1, 0.15) is 5.82 Å². The van der Waals surface area contributed by atoms with E-state index in [1.54, 1.807) is 42.1 Å². The topological polar surface area (TPSA) is 64.4 Å². The third kappa shape index (κ3) is 4.99. The van der Waals surface area contributed by atoms with Crippen LogP contribution in [-0.4, -0.2) is 40.7 Å². The van der Waals surface area contributed by atoms with E-state index < -0.39 is 0 Å². The van der Waals surface area contributed by atoms with E-state index in [-0.39, 0.29) is 24.2 Å². The highest BCUT2D eigenvalue weighted by Crippen LogP contribution is 2.20. The highest BCUT2D eigenvalue weighted by Gasteiger charge is 2.16. The Morgan fingerprint density at radius 3 is 2.42 bits per heavy atom. The average molecular weight is 423 g/mol. The van der Waals surface area contributed by atoms with E-state index in [9.17, 15) is 14.0 Å². The zero-order valence-corrected chi connectivity index (χ0v) is 18.2. The van der Waals surface area contributed by atoms with Crippen LogP contribution in [0.5, 0.6) is 0 Å². The third-order valence-corrected chi connectivity index (χ3v) is 5.32. The summed E-state index contributed by atoms with van der Waals surface area (Å²) >= 11 is 0. The number of carbonyl (C=O) groups excluding carboxylic acids is 2.